The number of hydrogen-bond donors (Lipinski definition) is 1. The van der Waals surface area contributed by atoms with E-state index in [2.05, 4.69) is 42.3 Å². The minimum absolute atomic E-state index is 0.150. The number of carbonyl (C=O) groups is 1. The number of benzene rings is 1. The molecule has 4 nitrogen and oxygen atoms in total. The van der Waals surface area contributed by atoms with Crippen LogP contribution in [-0.4, -0.2) is 43.5 Å². The number of nitrogens with one attached hydrogen (secondary N) is 1. The average Bonchev–Trinajstić information content (AvgIpc) is 2.96. The molecule has 1 amide bonds. The van der Waals surface area contributed by atoms with Gasteiger partial charge in [-0.3, -0.25) is 9.69 Å². The van der Waals surface area contributed by atoms with E-state index in [0.717, 1.165) is 44.8 Å². The van der Waals surface area contributed by atoms with Crippen LogP contribution in [0.3, 0.4) is 0 Å². The Morgan fingerprint density at radius 1 is 1.22 bits per heavy atom. The molecule has 1 aromatic rings. The predicted octanol–water partition coefficient (Wildman–Crippen LogP) is 2.59. The van der Waals surface area contributed by atoms with Gasteiger partial charge in [0.25, 0.3) is 0 Å². The average molecular weight is 315 g/mol. The van der Waals surface area contributed by atoms with Crippen molar-refractivity contribution in [3.05, 3.63) is 29.3 Å². The van der Waals surface area contributed by atoms with Crippen molar-refractivity contribution in [3.63, 3.8) is 0 Å². The number of nitrogens with zero attached hydrogens (tertiary/aromatic N) is 2. The molecule has 0 spiro atoms. The standard InChI is InChI=1S/C19H29N3O/c1-14(2)12-19(21-10-7-20-8-11-21)16-4-5-18-17(13-16)6-9-22(18)15(3)23/h4-5,13-14,19-20H,6-12H2,1-3H3. The minimum atomic E-state index is 0.150. The molecule has 0 bridgehead atoms. The van der Waals surface area contributed by atoms with Crippen LogP contribution in [0.4, 0.5) is 5.69 Å². The first-order valence-corrected chi connectivity index (χ1v) is 8.92. The fourth-order valence-electron chi connectivity index (χ4n) is 3.89. The van der Waals surface area contributed by atoms with E-state index in [4.69, 9.17) is 0 Å². The number of fused-ring (bicyclic) bond motifs is 1. The summed E-state index contributed by atoms with van der Waals surface area (Å²) in [5.41, 5.74) is 3.87. The fraction of sp³-hybridized carbons (Fsp3) is 0.632. The Morgan fingerprint density at radius 3 is 2.61 bits per heavy atom. The summed E-state index contributed by atoms with van der Waals surface area (Å²) in [5.74, 6) is 0.828. The van der Waals surface area contributed by atoms with Gasteiger partial charge in [-0.15, -0.1) is 0 Å². The Kier molecular flexibility index (Phi) is 5.02. The quantitative estimate of drug-likeness (QED) is 0.927. The van der Waals surface area contributed by atoms with Gasteiger partial charge in [0.1, 0.15) is 0 Å². The summed E-state index contributed by atoms with van der Waals surface area (Å²) in [6, 6.07) is 7.26. The van der Waals surface area contributed by atoms with Crippen molar-refractivity contribution in [3.8, 4) is 0 Å². The molecular formula is C19H29N3O. The molecule has 1 saturated heterocycles. The molecule has 1 unspecified atom stereocenters. The summed E-state index contributed by atoms with van der Waals surface area (Å²) < 4.78 is 0. The smallest absolute Gasteiger partial charge is 0.223 e. The highest BCUT2D eigenvalue weighted by atomic mass is 16.2. The Labute approximate surface area is 139 Å². The SMILES string of the molecule is CC(=O)N1CCc2cc(C(CC(C)C)N3CCNCC3)ccc21. The van der Waals surface area contributed by atoms with Gasteiger partial charge in [-0.05, 0) is 36.0 Å². The lowest BCUT2D eigenvalue weighted by Crippen LogP contribution is -2.45. The molecule has 3 rings (SSSR count). The molecule has 126 valence electrons. The van der Waals surface area contributed by atoms with Crippen molar-refractivity contribution in [2.45, 2.75) is 39.7 Å². The maximum atomic E-state index is 11.7. The zero-order chi connectivity index (χ0) is 16.4. The molecule has 1 fully saturated rings. The van der Waals surface area contributed by atoms with E-state index in [1.807, 2.05) is 4.90 Å². The van der Waals surface area contributed by atoms with Crippen molar-refractivity contribution in [2.75, 3.05) is 37.6 Å². The fourth-order valence-corrected chi connectivity index (χ4v) is 3.89. The third kappa shape index (κ3) is 3.59. The van der Waals surface area contributed by atoms with E-state index in [-0.39, 0.29) is 5.91 Å². The first-order chi connectivity index (χ1) is 11.1. The number of carbonyl (C=O) groups excluding carboxylic acids is 1. The predicted molar refractivity (Wildman–Crippen MR) is 94.8 cm³/mol. The summed E-state index contributed by atoms with van der Waals surface area (Å²) in [5, 5.41) is 3.45. The highest BCUT2D eigenvalue weighted by Gasteiger charge is 2.27. The first kappa shape index (κ1) is 16.5. The third-order valence-electron chi connectivity index (χ3n) is 5.05. The Morgan fingerprint density at radius 2 is 1.96 bits per heavy atom. The second-order valence-corrected chi connectivity index (χ2v) is 7.24. The summed E-state index contributed by atoms with van der Waals surface area (Å²) in [6.07, 6.45) is 2.17. The van der Waals surface area contributed by atoms with E-state index in [9.17, 15) is 4.79 Å². The van der Waals surface area contributed by atoms with Gasteiger partial charge in [-0.25, -0.2) is 0 Å². The highest BCUT2D eigenvalue weighted by Crippen LogP contribution is 2.34. The van der Waals surface area contributed by atoms with Gasteiger partial charge in [0.15, 0.2) is 0 Å². The van der Waals surface area contributed by atoms with Crippen LogP contribution in [0, 0.1) is 5.92 Å². The number of amides is 1. The molecule has 1 aromatic carbocycles. The number of rotatable bonds is 4. The summed E-state index contributed by atoms with van der Waals surface area (Å²) >= 11 is 0. The maximum Gasteiger partial charge on any atom is 0.223 e. The molecular weight excluding hydrogens is 286 g/mol. The second-order valence-electron chi connectivity index (χ2n) is 7.24. The molecule has 4 heteroatoms. The number of anilines is 1. The topological polar surface area (TPSA) is 35.6 Å². The van der Waals surface area contributed by atoms with Gasteiger partial charge in [-0.1, -0.05) is 26.0 Å². The lowest BCUT2D eigenvalue weighted by atomic mass is 9.93. The molecule has 2 heterocycles. The van der Waals surface area contributed by atoms with Crippen molar-refractivity contribution in [2.24, 2.45) is 5.92 Å². The van der Waals surface area contributed by atoms with Crippen LogP contribution in [0.25, 0.3) is 0 Å². The molecule has 1 N–H and O–H groups in total. The third-order valence-corrected chi connectivity index (χ3v) is 5.05. The number of piperazine rings is 1. The molecule has 23 heavy (non-hydrogen) atoms. The minimum Gasteiger partial charge on any atom is -0.314 e. The van der Waals surface area contributed by atoms with Gasteiger partial charge in [0.05, 0.1) is 0 Å². The Bertz CT molecular complexity index is 564. The van der Waals surface area contributed by atoms with Crippen molar-refractivity contribution in [1.82, 2.24) is 10.2 Å². The van der Waals surface area contributed by atoms with E-state index >= 15 is 0 Å². The summed E-state index contributed by atoms with van der Waals surface area (Å²) in [6.45, 7) is 11.5. The van der Waals surface area contributed by atoms with Crippen LogP contribution in [0.1, 0.15) is 44.4 Å². The van der Waals surface area contributed by atoms with Crippen LogP contribution in [0.2, 0.25) is 0 Å². The zero-order valence-electron chi connectivity index (χ0n) is 14.6. The molecule has 2 aliphatic heterocycles. The van der Waals surface area contributed by atoms with Crippen LogP contribution in [0.5, 0.6) is 0 Å². The first-order valence-electron chi connectivity index (χ1n) is 8.92. The van der Waals surface area contributed by atoms with E-state index < -0.39 is 0 Å². The Hall–Kier alpha value is -1.39. The van der Waals surface area contributed by atoms with Crippen molar-refractivity contribution < 1.29 is 4.79 Å². The van der Waals surface area contributed by atoms with E-state index in [1.54, 1.807) is 6.92 Å². The molecule has 2 aliphatic rings. The molecule has 0 radical (unpaired) electrons. The monoisotopic (exact) mass is 315 g/mol. The zero-order valence-corrected chi connectivity index (χ0v) is 14.6. The van der Waals surface area contributed by atoms with Gasteiger partial charge in [0, 0.05) is 51.4 Å². The van der Waals surface area contributed by atoms with Crippen LogP contribution >= 0.6 is 0 Å². The lowest BCUT2D eigenvalue weighted by Gasteiger charge is -2.36. The molecule has 1 atom stereocenters. The van der Waals surface area contributed by atoms with Crippen LogP contribution in [-0.2, 0) is 11.2 Å². The highest BCUT2D eigenvalue weighted by molar-refractivity contribution is 5.93. The van der Waals surface area contributed by atoms with E-state index in [1.165, 1.54) is 17.5 Å². The van der Waals surface area contributed by atoms with Gasteiger partial charge in [-0.2, -0.15) is 0 Å². The van der Waals surface area contributed by atoms with E-state index in [0.29, 0.717) is 12.0 Å². The second kappa shape index (κ2) is 7.02. The van der Waals surface area contributed by atoms with Crippen LogP contribution in [0.15, 0.2) is 18.2 Å². The van der Waals surface area contributed by atoms with Crippen molar-refractivity contribution in [1.29, 1.82) is 0 Å². The molecule has 0 aromatic heterocycles. The molecule has 0 aliphatic carbocycles. The number of hydrogen-bond acceptors (Lipinski definition) is 3. The maximum absolute atomic E-state index is 11.7. The van der Waals surface area contributed by atoms with Crippen molar-refractivity contribution >= 4 is 11.6 Å². The normalized spacial score (nSPS) is 19.9. The largest absolute Gasteiger partial charge is 0.314 e. The van der Waals surface area contributed by atoms with Gasteiger partial charge >= 0.3 is 0 Å². The van der Waals surface area contributed by atoms with Gasteiger partial charge < -0.3 is 10.2 Å². The summed E-state index contributed by atoms with van der Waals surface area (Å²) in [7, 11) is 0. The summed E-state index contributed by atoms with van der Waals surface area (Å²) in [4.78, 5) is 16.3. The molecule has 0 saturated carbocycles. The van der Waals surface area contributed by atoms with Gasteiger partial charge in [0.2, 0.25) is 5.91 Å². The lowest BCUT2D eigenvalue weighted by molar-refractivity contribution is -0.116. The Balaban J connectivity index is 1.86. The van der Waals surface area contributed by atoms with Crippen LogP contribution < -0.4 is 10.2 Å².